The minimum Gasteiger partial charge on any atom is -0.481 e. The molecule has 27 heteroatoms. The maximum absolute atomic E-state index is 13.6. The maximum atomic E-state index is 13.6. The van der Waals surface area contributed by atoms with E-state index in [0.717, 1.165) is 97.5 Å². The van der Waals surface area contributed by atoms with E-state index in [-0.39, 0.29) is 102 Å². The number of hydrogen-bond acceptors (Lipinski definition) is 14. The second-order valence-electron chi connectivity index (χ2n) is 31.4. The van der Waals surface area contributed by atoms with Crippen LogP contribution in [-0.4, -0.2) is 145 Å². The lowest BCUT2D eigenvalue weighted by atomic mass is 9.78. The van der Waals surface area contributed by atoms with Gasteiger partial charge < -0.3 is 53.5 Å². The van der Waals surface area contributed by atoms with E-state index >= 15 is 0 Å². The topological polar surface area (TPSA) is 271 Å². The number of fused-ring (bicyclic) bond motifs is 4. The van der Waals surface area contributed by atoms with Gasteiger partial charge in [0.25, 0.3) is 10.1 Å². The Balaban J connectivity index is 0.000000213. The Labute approximate surface area is 660 Å². The summed E-state index contributed by atoms with van der Waals surface area (Å²) in [5, 5.41) is 15.6. The van der Waals surface area contributed by atoms with Gasteiger partial charge in [-0.15, -0.1) is 12.4 Å². The number of H-pyrrole nitrogens is 2. The first kappa shape index (κ1) is 91.5. The fourth-order valence-corrected chi connectivity index (χ4v) is 14.8. The zero-order valence-corrected chi connectivity index (χ0v) is 67.2. The van der Waals surface area contributed by atoms with Crippen molar-refractivity contribution < 1.29 is 83.0 Å². The molecule has 1 aliphatic carbocycles. The summed E-state index contributed by atoms with van der Waals surface area (Å²) in [6.07, 6.45) is 17.1. The molecule has 4 aromatic heterocycles. The summed E-state index contributed by atoms with van der Waals surface area (Å²) in [6, 6.07) is 26.6. The molecule has 2 amide bonds. The number of aliphatic carboxylic acids is 1. The number of aromatic nitrogens is 4. The smallest absolute Gasteiger partial charge is 0.410 e. The van der Waals surface area contributed by atoms with Gasteiger partial charge in [-0.3, -0.25) is 28.2 Å². The Morgan fingerprint density at radius 3 is 1.53 bits per heavy atom. The number of carbonyl (C=O) groups excluding carboxylic acids is 6. The summed E-state index contributed by atoms with van der Waals surface area (Å²) in [7, 11) is -3.83. The van der Waals surface area contributed by atoms with Crippen LogP contribution in [0.5, 0.6) is 0 Å². The molecule has 13 rings (SSSR count). The molecule has 4 aliphatic rings. The minimum absolute atomic E-state index is 0. The number of nitrogens with one attached hydrogen (secondary N) is 3. The number of amides is 2. The average Bonchev–Trinajstić information content (AvgIpc) is 1.64. The lowest BCUT2D eigenvalue weighted by Crippen LogP contribution is -2.42. The number of aryl methyl sites for hydroxylation is 1. The van der Waals surface area contributed by atoms with Crippen LogP contribution in [0.4, 0.5) is 27.2 Å². The molecule has 0 radical (unpaired) electrons. The Kier molecular flexibility index (Phi) is 33.0. The van der Waals surface area contributed by atoms with Gasteiger partial charge in [0, 0.05) is 117 Å². The first-order valence-electron chi connectivity index (χ1n) is 37.4. The van der Waals surface area contributed by atoms with Crippen LogP contribution in [0.2, 0.25) is 0 Å². The third kappa shape index (κ3) is 26.6. The van der Waals surface area contributed by atoms with E-state index in [4.69, 9.17) is 18.4 Å². The van der Waals surface area contributed by atoms with Crippen LogP contribution in [0, 0.1) is 42.0 Å². The lowest BCUT2D eigenvalue weighted by Gasteiger charge is -2.29. The van der Waals surface area contributed by atoms with E-state index in [1.165, 1.54) is 94.3 Å². The molecule has 4 atom stereocenters. The van der Waals surface area contributed by atoms with Crippen molar-refractivity contribution in [3.05, 3.63) is 173 Å². The molecule has 7 heterocycles. The van der Waals surface area contributed by atoms with Crippen molar-refractivity contribution in [2.75, 3.05) is 26.2 Å². The Morgan fingerprint density at radius 1 is 0.545 bits per heavy atom. The summed E-state index contributed by atoms with van der Waals surface area (Å²) in [5.74, 6) is -3.08. The van der Waals surface area contributed by atoms with Crippen LogP contribution in [0.25, 0.3) is 43.6 Å². The normalized spacial score (nSPS) is 16.6. The molecule has 3 aliphatic heterocycles. The number of aromatic amines is 2. The third-order valence-corrected chi connectivity index (χ3v) is 20.3. The summed E-state index contributed by atoms with van der Waals surface area (Å²) in [4.78, 5) is 91.7. The predicted molar refractivity (Wildman–Crippen MR) is 430 cm³/mol. The number of rotatable bonds is 15. The van der Waals surface area contributed by atoms with Crippen molar-refractivity contribution in [1.29, 1.82) is 0 Å². The van der Waals surface area contributed by atoms with Crippen molar-refractivity contribution in [1.82, 2.24) is 34.2 Å². The molecule has 0 unspecified atom stereocenters. The van der Waals surface area contributed by atoms with Gasteiger partial charge in [-0.1, -0.05) is 44.4 Å². The van der Waals surface area contributed by atoms with Gasteiger partial charge in [0.15, 0.2) is 17.3 Å². The average molecular weight is 1600 g/mol. The quantitative estimate of drug-likeness (QED) is 0.0244. The lowest BCUT2D eigenvalue weighted by molar-refractivity contribution is -0.161. The zero-order valence-electron chi connectivity index (χ0n) is 65.6. The third-order valence-electron chi connectivity index (χ3n) is 19.0. The molecule has 3 saturated heterocycles. The van der Waals surface area contributed by atoms with Crippen LogP contribution >= 0.6 is 12.4 Å². The number of ketones is 3. The summed E-state index contributed by atoms with van der Waals surface area (Å²) in [5.41, 5.74) is 4.43. The zero-order chi connectivity index (χ0) is 80.6. The van der Waals surface area contributed by atoms with Crippen molar-refractivity contribution in [2.24, 2.45) is 11.8 Å². The Bertz CT molecular complexity index is 4810. The molecule has 0 bridgehead atoms. The van der Waals surface area contributed by atoms with Crippen LogP contribution < -0.4 is 5.32 Å². The van der Waals surface area contributed by atoms with Crippen molar-refractivity contribution in [2.45, 2.75) is 227 Å². The number of carbonyl (C=O) groups is 7. The van der Waals surface area contributed by atoms with Gasteiger partial charge >= 0.3 is 24.1 Å². The molecule has 5 aromatic carbocycles. The first-order valence-corrected chi connectivity index (χ1v) is 38.9. The molecule has 0 spiro atoms. The van der Waals surface area contributed by atoms with Crippen molar-refractivity contribution in [3.8, 4) is 0 Å². The van der Waals surface area contributed by atoms with Gasteiger partial charge in [-0.2, -0.15) is 8.42 Å². The standard InChI is InChI=1S/C20H25FN2O3.C17H25NO5S.C15H17FN2O.C14H24O4.C10H8FNO.C8H6FN.CH4.ClH/c1-13(24)17-12-22(18-8-7-14(21)10-16(17)18)11-15-6-5-9-23(15)19(25)26-20(2,3)4;1-13-7-9-15(10-8-13)24(20,21)22-12-14-6-5-11-18(14)16(19)23-17(2,3)4;1-10(19)14-9-18(8-12-3-2-6-17-12)15-5-4-11(16)7-13(14)15;1-14(2,3)18-12(15)9-11(13(16)17)10-7-5-4-6-8-10;1-6(13)9-5-12-10-3-2-7(11)4-8(9)10;9-7-1-2-8-6(5-7)3-4-10-8;;/h7-8,10,12,15H,5-6,9,11H2,1-4H3;7-10,14H,5-6,11-12H2,1-4H3;4-5,7,9,12,17H,2-3,6,8H2,1H3;10-11H,4-9H2,1-3H3,(H,16,17);2-5,12H,1H3;1-5,10H;1H4;1H/t15-;14-;12-;11-;;;;/m0000..../s1. The maximum Gasteiger partial charge on any atom is 0.410 e. The van der Waals surface area contributed by atoms with Crippen LogP contribution in [0.3, 0.4) is 0 Å². The number of ether oxygens (including phenoxy) is 3. The predicted octanol–water partition coefficient (Wildman–Crippen LogP) is 19.1. The summed E-state index contributed by atoms with van der Waals surface area (Å²) >= 11 is 0. The number of esters is 1. The van der Waals surface area contributed by atoms with E-state index in [1.54, 1.807) is 106 Å². The highest BCUT2D eigenvalue weighted by atomic mass is 35.5. The Morgan fingerprint density at radius 2 is 1.03 bits per heavy atom. The molecule has 4 fully saturated rings. The Hall–Kier alpha value is -9.37. The number of carboxylic acid groups (broad SMARTS) is 1. The van der Waals surface area contributed by atoms with E-state index in [2.05, 4.69) is 19.9 Å². The highest BCUT2D eigenvalue weighted by Crippen LogP contribution is 2.34. The van der Waals surface area contributed by atoms with Crippen LogP contribution in [-0.2, 0) is 51.2 Å². The van der Waals surface area contributed by atoms with Gasteiger partial charge in [-0.05, 0) is 245 Å². The number of carboxylic acids is 1. The molecule has 21 nitrogen and oxygen atoms in total. The van der Waals surface area contributed by atoms with Gasteiger partial charge in [-0.25, -0.2) is 27.2 Å². The van der Waals surface area contributed by atoms with Crippen molar-refractivity contribution >= 4 is 108 Å². The van der Waals surface area contributed by atoms with Gasteiger partial charge in [0.2, 0.25) is 0 Å². The second-order valence-corrected chi connectivity index (χ2v) is 33.0. The first-order chi connectivity index (χ1) is 51.7. The SMILES string of the molecule is C.CC(=O)c1c[nH]c2ccc(F)cc12.CC(=O)c1cn(C[C@@H]2CCCN2)c2ccc(F)cc12.CC(=O)c1cn(C[C@@H]2CCCN2C(=O)OC(C)(C)C)c2ccc(F)cc12.CC(C)(C)OC(=O)C[C@H](C(=O)O)C1CCCCC1.Cc1ccc(S(=O)(=O)OC[C@@H]2CCCN2C(=O)OC(C)(C)C)cc1.Cl.Fc1ccc2[nH]ccc2c1. The van der Waals surface area contributed by atoms with E-state index in [9.17, 15) is 64.6 Å². The largest absolute Gasteiger partial charge is 0.481 e. The number of halogens is 5. The fourth-order valence-electron chi connectivity index (χ4n) is 13.8. The van der Waals surface area contributed by atoms with E-state index in [1.807, 2.05) is 44.5 Å². The molecular formula is C85H110ClF4N7O14S. The molecule has 1 saturated carbocycles. The van der Waals surface area contributed by atoms with Crippen molar-refractivity contribution in [3.63, 3.8) is 0 Å². The number of hydrogen-bond donors (Lipinski definition) is 4. The minimum atomic E-state index is -3.83. The number of benzene rings is 5. The molecule has 112 heavy (non-hydrogen) atoms. The number of Topliss-reactive ketones (excluding diaryl/α,β-unsaturated/α-hetero) is 3. The van der Waals surface area contributed by atoms with Crippen LogP contribution in [0.1, 0.15) is 204 Å². The highest BCUT2D eigenvalue weighted by molar-refractivity contribution is 7.86. The van der Waals surface area contributed by atoms with Crippen LogP contribution in [0.15, 0.2) is 133 Å². The summed E-state index contributed by atoms with van der Waals surface area (Å²) in [6.45, 7) is 26.3. The van der Waals surface area contributed by atoms with E-state index < -0.39 is 50.9 Å². The monoisotopic (exact) mass is 1600 g/mol. The highest BCUT2D eigenvalue weighted by Gasteiger charge is 2.36. The molecular weight excluding hydrogens is 1490 g/mol. The summed E-state index contributed by atoms with van der Waals surface area (Å²) < 4.78 is 102. The molecule has 4 N–H and O–H groups in total. The molecule has 610 valence electrons. The second kappa shape index (κ2) is 40.4. The van der Waals surface area contributed by atoms with Gasteiger partial charge in [0.05, 0.1) is 35.9 Å². The fraction of sp³-hybridized carbons (Fsp3) is 0.471. The number of likely N-dealkylation sites (tertiary alicyclic amines) is 2. The number of nitrogens with zero attached hydrogens (tertiary/aromatic N) is 4. The van der Waals surface area contributed by atoms with E-state index in [0.29, 0.717) is 64.9 Å². The van der Waals surface area contributed by atoms with Gasteiger partial charge in [0.1, 0.15) is 40.1 Å². The molecule has 9 aromatic rings.